The Kier molecular flexibility index (Phi) is 2.17. The van der Waals surface area contributed by atoms with Gasteiger partial charge in [-0.05, 0) is 0 Å². The van der Waals surface area contributed by atoms with E-state index < -0.39 is 12.9 Å². The number of hydrogen-bond acceptors (Lipinski definition) is 2. The van der Waals surface area contributed by atoms with Crippen LogP contribution in [0.1, 0.15) is 0 Å². The molecule has 0 amide bonds. The average molecular weight is 134 g/mol. The highest BCUT2D eigenvalue weighted by atomic mass is 19.3. The summed E-state index contributed by atoms with van der Waals surface area (Å²) in [4.78, 5) is 0. The smallest absolute Gasteiger partial charge is 0.311 e. The molecule has 6 heteroatoms. The van der Waals surface area contributed by atoms with Crippen molar-refractivity contribution in [2.75, 3.05) is 0 Å². The van der Waals surface area contributed by atoms with E-state index in [4.69, 9.17) is 5.11 Å². The fourth-order valence-electron chi connectivity index (χ4n) is 0.107. The zero-order valence-corrected chi connectivity index (χ0v) is 3.44. The van der Waals surface area contributed by atoms with Gasteiger partial charge in [0.15, 0.2) is 0 Å². The van der Waals surface area contributed by atoms with Gasteiger partial charge in [0.25, 0.3) is 0 Å². The molecule has 2 nitrogen and oxygen atoms in total. The molecule has 0 unspecified atom stereocenters. The van der Waals surface area contributed by atoms with Gasteiger partial charge in [-0.1, -0.05) is 0 Å². The van der Waals surface area contributed by atoms with Gasteiger partial charge in [0.1, 0.15) is 0 Å². The number of rotatable bonds is 2. The van der Waals surface area contributed by atoms with E-state index in [1.807, 2.05) is 0 Å². The molecule has 0 bridgehead atoms. The summed E-state index contributed by atoms with van der Waals surface area (Å²) in [6.07, 6.45) is -4.73. The van der Waals surface area contributed by atoms with Crippen molar-refractivity contribution in [1.29, 1.82) is 0 Å². The summed E-state index contributed by atoms with van der Waals surface area (Å²) in [6.45, 7) is -3.66. The molecule has 1 N–H and O–H groups in total. The highest BCUT2D eigenvalue weighted by Gasteiger charge is 2.30. The molecule has 0 fully saturated rings. The second-order valence-corrected chi connectivity index (χ2v) is 0.865. The van der Waals surface area contributed by atoms with Crippen LogP contribution in [0.2, 0.25) is 0 Å². The van der Waals surface area contributed by atoms with Crippen LogP contribution in [0.25, 0.3) is 0 Å². The number of halogens is 4. The van der Waals surface area contributed by atoms with Gasteiger partial charge in [-0.25, -0.2) is 4.74 Å². The summed E-state index contributed by atoms with van der Waals surface area (Å²) in [5, 5.41) is 7.15. The predicted molar refractivity (Wildman–Crippen MR) is 14.3 cm³/mol. The lowest BCUT2D eigenvalue weighted by atomic mass is 11.2. The van der Waals surface area contributed by atoms with E-state index in [0.717, 1.165) is 0 Å². The van der Waals surface area contributed by atoms with Crippen LogP contribution >= 0.6 is 0 Å². The van der Waals surface area contributed by atoms with Gasteiger partial charge < -0.3 is 5.11 Å². The maximum Gasteiger partial charge on any atom is 0.487 e. The molecule has 0 aromatic rings. The quantitative estimate of drug-likeness (QED) is 0.446. The third-order valence-corrected chi connectivity index (χ3v) is 0.231. The van der Waals surface area contributed by atoms with Gasteiger partial charge in [-0.3, -0.25) is 0 Å². The fourth-order valence-corrected chi connectivity index (χ4v) is 0.107. The third kappa shape index (κ3) is 5.64. The van der Waals surface area contributed by atoms with Crippen molar-refractivity contribution < 1.29 is 27.4 Å². The van der Waals surface area contributed by atoms with Gasteiger partial charge in [0, 0.05) is 0 Å². The first-order valence-corrected chi connectivity index (χ1v) is 1.48. The molecule has 0 aliphatic rings. The zero-order valence-electron chi connectivity index (χ0n) is 3.44. The molecule has 0 aromatic carbocycles. The minimum Gasteiger partial charge on any atom is -0.311 e. The largest absolute Gasteiger partial charge is 0.487 e. The molecule has 0 radical (unpaired) electrons. The topological polar surface area (TPSA) is 29.5 Å². The molecule has 0 spiro atoms. The number of hydrogen-bond donors (Lipinski definition) is 1. The Morgan fingerprint density at radius 3 is 1.75 bits per heavy atom. The van der Waals surface area contributed by atoms with Crippen LogP contribution in [0.3, 0.4) is 0 Å². The summed E-state index contributed by atoms with van der Waals surface area (Å²) in [5.41, 5.74) is 0. The van der Waals surface area contributed by atoms with Crippen molar-refractivity contribution in [3.8, 4) is 0 Å². The average Bonchev–Trinajstić information content (AvgIpc) is 1.21. The van der Waals surface area contributed by atoms with Gasteiger partial charge >= 0.3 is 12.9 Å². The maximum atomic E-state index is 10.8. The maximum absolute atomic E-state index is 10.8. The number of alkyl halides is 4. The summed E-state index contributed by atoms with van der Waals surface area (Å²) >= 11 is 0. The number of ether oxygens (including phenoxy) is 1. The Balaban J connectivity index is 3.39. The van der Waals surface area contributed by atoms with Crippen LogP contribution < -0.4 is 0 Å². The minimum atomic E-state index is -4.73. The Labute approximate surface area is 41.7 Å². The fraction of sp³-hybridized carbons (Fsp3) is 1.00. The van der Waals surface area contributed by atoms with Crippen LogP contribution in [0.15, 0.2) is 0 Å². The van der Waals surface area contributed by atoms with Crippen molar-refractivity contribution >= 4 is 0 Å². The van der Waals surface area contributed by atoms with Crippen LogP contribution in [0.5, 0.6) is 0 Å². The van der Waals surface area contributed by atoms with Crippen molar-refractivity contribution in [3.63, 3.8) is 0 Å². The van der Waals surface area contributed by atoms with E-state index >= 15 is 0 Å². The van der Waals surface area contributed by atoms with Gasteiger partial charge in [0.05, 0.1) is 0 Å². The van der Waals surface area contributed by atoms with E-state index in [1.54, 1.807) is 0 Å². The summed E-state index contributed by atoms with van der Waals surface area (Å²) in [6, 6.07) is 0. The molecular weight excluding hydrogens is 132 g/mol. The molecule has 0 aromatic heterocycles. The summed E-state index contributed by atoms with van der Waals surface area (Å²) < 4.78 is 45.3. The zero-order chi connectivity index (χ0) is 6.78. The monoisotopic (exact) mass is 134 g/mol. The molecule has 0 saturated heterocycles. The third-order valence-electron chi connectivity index (χ3n) is 0.231. The van der Waals surface area contributed by atoms with E-state index in [2.05, 4.69) is 4.74 Å². The van der Waals surface area contributed by atoms with E-state index in [1.165, 1.54) is 0 Å². The molecule has 0 saturated carbocycles. The van der Waals surface area contributed by atoms with E-state index in [0.29, 0.717) is 0 Å². The molecule has 0 rings (SSSR count). The van der Waals surface area contributed by atoms with Gasteiger partial charge in [-0.2, -0.15) is 8.78 Å². The number of aliphatic hydroxyl groups is 1. The van der Waals surface area contributed by atoms with E-state index in [9.17, 15) is 17.6 Å². The summed E-state index contributed by atoms with van der Waals surface area (Å²) in [7, 11) is 0. The second-order valence-electron chi connectivity index (χ2n) is 0.865. The molecule has 0 aliphatic heterocycles. The standard InChI is InChI=1S/C2H2F4O2/c3-1(4)8-2(5,6)7/h1,7H. The van der Waals surface area contributed by atoms with Crippen molar-refractivity contribution in [1.82, 2.24) is 0 Å². The Hall–Kier alpha value is -0.360. The second kappa shape index (κ2) is 2.27. The predicted octanol–water partition coefficient (Wildman–Crippen LogP) is 0.768. The van der Waals surface area contributed by atoms with Crippen molar-refractivity contribution in [2.45, 2.75) is 12.9 Å². The lowest BCUT2D eigenvalue weighted by molar-refractivity contribution is -0.418. The van der Waals surface area contributed by atoms with Gasteiger partial charge in [0.2, 0.25) is 0 Å². The van der Waals surface area contributed by atoms with Crippen LogP contribution in [-0.2, 0) is 4.74 Å². The van der Waals surface area contributed by atoms with Crippen LogP contribution in [0.4, 0.5) is 17.6 Å². The molecule has 0 aliphatic carbocycles. The van der Waals surface area contributed by atoms with E-state index in [-0.39, 0.29) is 0 Å². The lowest BCUT2D eigenvalue weighted by Gasteiger charge is -2.06. The first-order valence-electron chi connectivity index (χ1n) is 1.48. The highest BCUT2D eigenvalue weighted by Crippen LogP contribution is 2.13. The Morgan fingerprint density at radius 2 is 1.75 bits per heavy atom. The minimum absolute atomic E-state index is 2.33. The first kappa shape index (κ1) is 7.64. The Bertz CT molecular complexity index is 66.9. The first-order chi connectivity index (χ1) is 3.42. The van der Waals surface area contributed by atoms with Crippen LogP contribution in [-0.4, -0.2) is 18.0 Å². The van der Waals surface area contributed by atoms with Crippen molar-refractivity contribution in [3.05, 3.63) is 0 Å². The highest BCUT2D eigenvalue weighted by molar-refractivity contribution is 4.20. The van der Waals surface area contributed by atoms with Crippen LogP contribution in [0, 0.1) is 0 Å². The molecular formula is C2H2F4O2. The lowest BCUT2D eigenvalue weighted by Crippen LogP contribution is -2.22. The molecule has 0 heterocycles. The molecule has 0 atom stereocenters. The normalized spacial score (nSPS) is 12.8. The molecule has 50 valence electrons. The van der Waals surface area contributed by atoms with Gasteiger partial charge in [-0.15, -0.1) is 8.78 Å². The Morgan fingerprint density at radius 1 is 1.38 bits per heavy atom. The molecule has 8 heavy (non-hydrogen) atoms. The van der Waals surface area contributed by atoms with Crippen molar-refractivity contribution in [2.24, 2.45) is 0 Å². The SMILES string of the molecule is OC(F)(F)OC(F)F. The summed E-state index contributed by atoms with van der Waals surface area (Å²) in [5.74, 6) is 0.